The zero-order chi connectivity index (χ0) is 9.61. The van der Waals surface area contributed by atoms with Crippen LogP contribution in [-0.4, -0.2) is 11.7 Å². The molecule has 1 heteroatoms. The van der Waals surface area contributed by atoms with Crippen LogP contribution in [0.4, 0.5) is 0 Å². The summed E-state index contributed by atoms with van der Waals surface area (Å²) in [4.78, 5) is 0. The van der Waals surface area contributed by atoms with Crippen molar-refractivity contribution in [2.75, 3.05) is 6.61 Å². The maximum atomic E-state index is 9.20. The van der Waals surface area contributed by atoms with E-state index in [2.05, 4.69) is 33.8 Å². The highest BCUT2D eigenvalue weighted by molar-refractivity contribution is 4.96. The van der Waals surface area contributed by atoms with E-state index < -0.39 is 0 Å². The van der Waals surface area contributed by atoms with Gasteiger partial charge >= 0.3 is 0 Å². The molecule has 1 unspecified atom stereocenters. The van der Waals surface area contributed by atoms with E-state index in [9.17, 15) is 5.11 Å². The van der Waals surface area contributed by atoms with Gasteiger partial charge in [0.15, 0.2) is 0 Å². The second-order valence-corrected chi connectivity index (χ2v) is 4.20. The first-order valence-corrected chi connectivity index (χ1v) is 4.78. The molecule has 0 aromatic rings. The van der Waals surface area contributed by atoms with Crippen LogP contribution in [0.1, 0.15) is 47.0 Å². The van der Waals surface area contributed by atoms with Gasteiger partial charge in [0.05, 0.1) is 0 Å². The standard InChI is InChI=1S/C11H22O/c1-5-7-11(4,9-12)8-6-10(2)3/h6,12H,5,7-9H2,1-4H3. The fourth-order valence-electron chi connectivity index (χ4n) is 1.30. The van der Waals surface area contributed by atoms with Gasteiger partial charge in [-0.2, -0.15) is 0 Å². The van der Waals surface area contributed by atoms with E-state index in [1.807, 2.05) is 0 Å². The van der Waals surface area contributed by atoms with Crippen LogP contribution in [0.5, 0.6) is 0 Å². The lowest BCUT2D eigenvalue weighted by molar-refractivity contribution is 0.134. The highest BCUT2D eigenvalue weighted by Crippen LogP contribution is 2.27. The van der Waals surface area contributed by atoms with Crippen molar-refractivity contribution < 1.29 is 5.11 Å². The van der Waals surface area contributed by atoms with Crippen LogP contribution in [0.3, 0.4) is 0 Å². The van der Waals surface area contributed by atoms with Gasteiger partial charge in [0.2, 0.25) is 0 Å². The molecule has 0 saturated heterocycles. The third-order valence-electron chi connectivity index (χ3n) is 2.24. The molecule has 0 amide bonds. The van der Waals surface area contributed by atoms with Crippen LogP contribution in [0, 0.1) is 5.41 Å². The molecule has 1 atom stereocenters. The zero-order valence-electron chi connectivity index (χ0n) is 8.85. The van der Waals surface area contributed by atoms with Crippen LogP contribution >= 0.6 is 0 Å². The minimum atomic E-state index is 0.103. The van der Waals surface area contributed by atoms with Crippen molar-refractivity contribution in [3.8, 4) is 0 Å². The maximum Gasteiger partial charge on any atom is 0.0487 e. The van der Waals surface area contributed by atoms with Gasteiger partial charge in [-0.1, -0.05) is 31.9 Å². The lowest BCUT2D eigenvalue weighted by Crippen LogP contribution is -2.20. The van der Waals surface area contributed by atoms with Gasteiger partial charge in [-0.3, -0.25) is 0 Å². The Balaban J connectivity index is 4.04. The summed E-state index contributed by atoms with van der Waals surface area (Å²) in [6.07, 6.45) is 5.46. The fraction of sp³-hybridized carbons (Fsp3) is 0.818. The predicted octanol–water partition coefficient (Wildman–Crippen LogP) is 3.14. The van der Waals surface area contributed by atoms with Crippen LogP contribution < -0.4 is 0 Å². The van der Waals surface area contributed by atoms with Crippen molar-refractivity contribution in [2.45, 2.75) is 47.0 Å². The summed E-state index contributed by atoms with van der Waals surface area (Å²) in [5, 5.41) is 9.20. The average molecular weight is 170 g/mol. The van der Waals surface area contributed by atoms with E-state index in [1.165, 1.54) is 5.57 Å². The molecule has 0 aromatic carbocycles. The third-order valence-corrected chi connectivity index (χ3v) is 2.24. The molecule has 72 valence electrons. The molecule has 0 spiro atoms. The molecule has 0 bridgehead atoms. The molecular formula is C11H22O. The monoisotopic (exact) mass is 170 g/mol. The largest absolute Gasteiger partial charge is 0.396 e. The molecule has 0 saturated carbocycles. The van der Waals surface area contributed by atoms with E-state index in [0.29, 0.717) is 6.61 Å². The first-order chi connectivity index (χ1) is 5.54. The van der Waals surface area contributed by atoms with Gasteiger partial charge < -0.3 is 5.11 Å². The maximum absolute atomic E-state index is 9.20. The highest BCUT2D eigenvalue weighted by atomic mass is 16.3. The fourth-order valence-corrected chi connectivity index (χ4v) is 1.30. The Kier molecular flexibility index (Phi) is 5.23. The van der Waals surface area contributed by atoms with E-state index in [1.54, 1.807) is 0 Å². The Morgan fingerprint density at radius 3 is 2.33 bits per heavy atom. The third kappa shape index (κ3) is 4.55. The quantitative estimate of drug-likeness (QED) is 0.628. The van der Waals surface area contributed by atoms with E-state index in [-0.39, 0.29) is 5.41 Å². The van der Waals surface area contributed by atoms with Gasteiger partial charge in [0.25, 0.3) is 0 Å². The van der Waals surface area contributed by atoms with E-state index >= 15 is 0 Å². The van der Waals surface area contributed by atoms with Gasteiger partial charge in [-0.05, 0) is 32.1 Å². The van der Waals surface area contributed by atoms with Crippen molar-refractivity contribution in [3.63, 3.8) is 0 Å². The van der Waals surface area contributed by atoms with Crippen molar-refractivity contribution in [1.29, 1.82) is 0 Å². The molecule has 0 radical (unpaired) electrons. The molecule has 1 N–H and O–H groups in total. The first kappa shape index (κ1) is 11.7. The molecule has 0 fully saturated rings. The smallest absolute Gasteiger partial charge is 0.0487 e. The normalized spacial score (nSPS) is 15.4. The SMILES string of the molecule is CCCC(C)(CO)CC=C(C)C. The topological polar surface area (TPSA) is 20.2 Å². The van der Waals surface area contributed by atoms with E-state index in [4.69, 9.17) is 0 Å². The average Bonchev–Trinajstić information content (AvgIpc) is 2.02. The Morgan fingerprint density at radius 1 is 1.42 bits per heavy atom. The van der Waals surface area contributed by atoms with Gasteiger partial charge in [0.1, 0.15) is 0 Å². The minimum absolute atomic E-state index is 0.103. The second-order valence-electron chi connectivity index (χ2n) is 4.20. The summed E-state index contributed by atoms with van der Waals surface area (Å²) in [5.74, 6) is 0. The molecule has 0 aliphatic rings. The van der Waals surface area contributed by atoms with Crippen molar-refractivity contribution in [2.24, 2.45) is 5.41 Å². The summed E-state index contributed by atoms with van der Waals surface area (Å²) in [7, 11) is 0. The Bertz CT molecular complexity index is 145. The minimum Gasteiger partial charge on any atom is -0.396 e. The number of aliphatic hydroxyl groups excluding tert-OH is 1. The molecule has 0 aromatic heterocycles. The molecule has 0 aliphatic carbocycles. The van der Waals surface area contributed by atoms with E-state index in [0.717, 1.165) is 19.3 Å². The van der Waals surface area contributed by atoms with Crippen LogP contribution in [0.25, 0.3) is 0 Å². The van der Waals surface area contributed by atoms with Crippen LogP contribution in [0.15, 0.2) is 11.6 Å². The summed E-state index contributed by atoms with van der Waals surface area (Å²) >= 11 is 0. The molecular weight excluding hydrogens is 148 g/mol. The Labute approximate surface area is 76.5 Å². The summed E-state index contributed by atoms with van der Waals surface area (Å²) < 4.78 is 0. The van der Waals surface area contributed by atoms with Gasteiger partial charge in [-0.15, -0.1) is 0 Å². The van der Waals surface area contributed by atoms with Crippen molar-refractivity contribution >= 4 is 0 Å². The van der Waals surface area contributed by atoms with Gasteiger partial charge in [-0.25, -0.2) is 0 Å². The molecule has 0 heterocycles. The molecule has 0 rings (SSSR count). The first-order valence-electron chi connectivity index (χ1n) is 4.78. The number of allylic oxidation sites excluding steroid dienone is 2. The summed E-state index contributed by atoms with van der Waals surface area (Å²) in [5.41, 5.74) is 1.44. The number of aliphatic hydroxyl groups is 1. The number of hydrogen-bond donors (Lipinski definition) is 1. The summed E-state index contributed by atoms with van der Waals surface area (Å²) in [6.45, 7) is 8.81. The second kappa shape index (κ2) is 5.36. The zero-order valence-corrected chi connectivity index (χ0v) is 8.85. The molecule has 12 heavy (non-hydrogen) atoms. The lowest BCUT2D eigenvalue weighted by atomic mass is 9.83. The lowest BCUT2D eigenvalue weighted by Gasteiger charge is -2.25. The van der Waals surface area contributed by atoms with Crippen LogP contribution in [0.2, 0.25) is 0 Å². The Morgan fingerprint density at radius 2 is 2.00 bits per heavy atom. The van der Waals surface area contributed by atoms with Gasteiger partial charge in [0, 0.05) is 6.61 Å². The number of rotatable bonds is 5. The van der Waals surface area contributed by atoms with Crippen molar-refractivity contribution in [1.82, 2.24) is 0 Å². The predicted molar refractivity (Wildman–Crippen MR) is 54.1 cm³/mol. The summed E-state index contributed by atoms with van der Waals surface area (Å²) in [6, 6.07) is 0. The highest BCUT2D eigenvalue weighted by Gasteiger charge is 2.20. The Hall–Kier alpha value is -0.300. The molecule has 1 nitrogen and oxygen atoms in total. The van der Waals surface area contributed by atoms with Crippen LogP contribution in [-0.2, 0) is 0 Å². The number of hydrogen-bond acceptors (Lipinski definition) is 1. The van der Waals surface area contributed by atoms with Crippen molar-refractivity contribution in [3.05, 3.63) is 11.6 Å². The molecule has 0 aliphatic heterocycles.